The van der Waals surface area contributed by atoms with Crippen LogP contribution >= 0.6 is 0 Å². The average Bonchev–Trinajstić information content (AvgIpc) is 3.26. The zero-order valence-corrected chi connectivity index (χ0v) is 19.0. The van der Waals surface area contributed by atoms with Crippen LogP contribution in [0.5, 0.6) is 5.75 Å². The van der Waals surface area contributed by atoms with Crippen molar-refractivity contribution in [3.05, 3.63) is 36.8 Å². The lowest BCUT2D eigenvalue weighted by Gasteiger charge is -2.42. The number of nitrogens with zero attached hydrogens (tertiary/aromatic N) is 6. The minimum atomic E-state index is -0.487. The van der Waals surface area contributed by atoms with Crippen LogP contribution < -0.4 is 16.0 Å². The Morgan fingerprint density at radius 2 is 2.15 bits per heavy atom. The van der Waals surface area contributed by atoms with Gasteiger partial charge in [0.25, 0.3) is 0 Å². The summed E-state index contributed by atoms with van der Waals surface area (Å²) in [5, 5.41) is 21.9. The van der Waals surface area contributed by atoms with Gasteiger partial charge >= 0.3 is 6.03 Å². The molecule has 11 heteroatoms. The Labute approximate surface area is 196 Å². The standard InChI is InChI=1S/C23H26N8O3/c1-14-6-9-30(20(33)5-8-24)12-19(14)29(2)21-16-7-10-31(22(16)27-13-26-21)23(34)28-18-11-15(32)3-4-17(18)25/h3-4,7,10-11,13-14,19,32H,5-6,9,12,25H2,1-2H3,(H,28,34)/t14-,19+/m1/s1. The lowest BCUT2D eigenvalue weighted by molar-refractivity contribution is -0.131. The van der Waals surface area contributed by atoms with E-state index in [-0.39, 0.29) is 29.8 Å². The number of anilines is 3. The predicted octanol–water partition coefficient (Wildman–Crippen LogP) is 2.39. The highest BCUT2D eigenvalue weighted by Crippen LogP contribution is 2.30. The average molecular weight is 463 g/mol. The fourth-order valence-electron chi connectivity index (χ4n) is 4.33. The number of hydrogen-bond donors (Lipinski definition) is 3. The molecule has 0 bridgehead atoms. The number of nitrogens with one attached hydrogen (secondary N) is 1. The smallest absolute Gasteiger partial charge is 0.331 e. The van der Waals surface area contributed by atoms with Crippen molar-refractivity contribution in [2.45, 2.75) is 25.8 Å². The lowest BCUT2D eigenvalue weighted by atomic mass is 9.92. The van der Waals surface area contributed by atoms with Crippen molar-refractivity contribution >= 4 is 40.2 Å². The number of amides is 2. The van der Waals surface area contributed by atoms with Gasteiger partial charge in [0.2, 0.25) is 5.91 Å². The Morgan fingerprint density at radius 3 is 2.91 bits per heavy atom. The number of carbonyl (C=O) groups excluding carboxylic acids is 2. The largest absolute Gasteiger partial charge is 0.508 e. The molecule has 176 valence electrons. The first-order chi connectivity index (χ1) is 16.3. The summed E-state index contributed by atoms with van der Waals surface area (Å²) < 4.78 is 1.35. The highest BCUT2D eigenvalue weighted by molar-refractivity contribution is 6.01. The van der Waals surface area contributed by atoms with Crippen molar-refractivity contribution in [3.8, 4) is 11.8 Å². The van der Waals surface area contributed by atoms with Crippen LogP contribution in [0.2, 0.25) is 0 Å². The molecule has 4 N–H and O–H groups in total. The van der Waals surface area contributed by atoms with Gasteiger partial charge < -0.3 is 26.0 Å². The van der Waals surface area contributed by atoms with Gasteiger partial charge in [0.05, 0.1) is 28.9 Å². The van der Waals surface area contributed by atoms with Gasteiger partial charge in [-0.1, -0.05) is 6.92 Å². The zero-order chi connectivity index (χ0) is 24.4. The molecule has 2 amide bonds. The summed E-state index contributed by atoms with van der Waals surface area (Å²) in [6.45, 7) is 3.24. The normalized spacial score (nSPS) is 17.9. The SMILES string of the molecule is C[C@@H]1CCN(C(=O)CC#N)C[C@@H]1N(C)c1ncnc2c1ccn2C(=O)Nc1cc(O)ccc1N. The molecule has 0 spiro atoms. The number of benzene rings is 1. The second-order valence-electron chi connectivity index (χ2n) is 8.44. The highest BCUT2D eigenvalue weighted by atomic mass is 16.3. The minimum Gasteiger partial charge on any atom is -0.508 e. The molecule has 11 nitrogen and oxygen atoms in total. The molecule has 2 atom stereocenters. The fraction of sp³-hybridized carbons (Fsp3) is 0.348. The van der Waals surface area contributed by atoms with E-state index in [1.807, 2.05) is 18.0 Å². The van der Waals surface area contributed by atoms with E-state index in [1.54, 1.807) is 17.2 Å². The first kappa shape index (κ1) is 22.8. The van der Waals surface area contributed by atoms with E-state index in [0.717, 1.165) is 6.42 Å². The van der Waals surface area contributed by atoms with Gasteiger partial charge in [-0.15, -0.1) is 0 Å². The zero-order valence-electron chi connectivity index (χ0n) is 19.0. The van der Waals surface area contributed by atoms with Crippen LogP contribution in [0, 0.1) is 17.2 Å². The first-order valence-electron chi connectivity index (χ1n) is 10.9. The maximum atomic E-state index is 12.9. The maximum Gasteiger partial charge on any atom is 0.331 e. The number of nitriles is 1. The summed E-state index contributed by atoms with van der Waals surface area (Å²) in [7, 11) is 1.91. The van der Waals surface area contributed by atoms with Gasteiger partial charge in [0.1, 0.15) is 24.3 Å². The Hall–Kier alpha value is -4.33. The van der Waals surface area contributed by atoms with Crippen LogP contribution in [-0.4, -0.2) is 62.7 Å². The van der Waals surface area contributed by atoms with Crippen molar-refractivity contribution in [1.82, 2.24) is 19.4 Å². The van der Waals surface area contributed by atoms with Gasteiger partial charge in [0.15, 0.2) is 5.65 Å². The molecular formula is C23H26N8O3. The Bertz CT molecular complexity index is 1280. The van der Waals surface area contributed by atoms with Gasteiger partial charge in [-0.2, -0.15) is 5.26 Å². The van der Waals surface area contributed by atoms with Crippen molar-refractivity contribution in [2.24, 2.45) is 5.92 Å². The number of nitrogens with two attached hydrogens (primary N) is 1. The van der Waals surface area contributed by atoms with Crippen LogP contribution in [0.1, 0.15) is 19.8 Å². The molecule has 1 saturated heterocycles. The van der Waals surface area contributed by atoms with E-state index < -0.39 is 6.03 Å². The molecule has 0 aliphatic carbocycles. The lowest BCUT2D eigenvalue weighted by Crippen LogP contribution is -2.52. The summed E-state index contributed by atoms with van der Waals surface area (Å²) >= 11 is 0. The molecule has 4 rings (SSSR count). The van der Waals surface area contributed by atoms with Crippen LogP contribution in [-0.2, 0) is 4.79 Å². The van der Waals surface area contributed by atoms with E-state index in [9.17, 15) is 14.7 Å². The van der Waals surface area contributed by atoms with Crippen molar-refractivity contribution in [1.29, 1.82) is 5.26 Å². The van der Waals surface area contributed by atoms with Crippen LogP contribution in [0.4, 0.5) is 22.0 Å². The van der Waals surface area contributed by atoms with E-state index in [4.69, 9.17) is 11.0 Å². The number of likely N-dealkylation sites (tertiary alicyclic amines) is 1. The molecule has 34 heavy (non-hydrogen) atoms. The number of hydrogen-bond acceptors (Lipinski definition) is 8. The number of phenolic OH excluding ortho intramolecular Hbond substituents is 1. The molecule has 3 aromatic rings. The second kappa shape index (κ2) is 9.27. The summed E-state index contributed by atoms with van der Waals surface area (Å²) in [5.74, 6) is 0.742. The van der Waals surface area contributed by atoms with Gasteiger partial charge in [0, 0.05) is 32.4 Å². The van der Waals surface area contributed by atoms with Crippen molar-refractivity contribution in [3.63, 3.8) is 0 Å². The molecule has 2 aromatic heterocycles. The molecule has 0 unspecified atom stereocenters. The summed E-state index contributed by atoms with van der Waals surface area (Å²) in [5.41, 5.74) is 6.92. The number of piperidine rings is 1. The number of nitrogen functional groups attached to an aromatic ring is 1. The third-order valence-electron chi connectivity index (χ3n) is 6.29. The van der Waals surface area contributed by atoms with Gasteiger partial charge in [-0.25, -0.2) is 14.8 Å². The number of fused-ring (bicyclic) bond motifs is 1. The Kier molecular flexibility index (Phi) is 6.23. The summed E-state index contributed by atoms with van der Waals surface area (Å²) in [6, 6.07) is 7.50. The van der Waals surface area contributed by atoms with Crippen LogP contribution in [0.15, 0.2) is 36.8 Å². The third-order valence-corrected chi connectivity index (χ3v) is 6.29. The summed E-state index contributed by atoms with van der Waals surface area (Å²) in [6.07, 6.45) is 3.67. The summed E-state index contributed by atoms with van der Waals surface area (Å²) in [4.78, 5) is 37.7. The number of carbonyl (C=O) groups is 2. The number of phenols is 1. The maximum absolute atomic E-state index is 12.9. The fourth-order valence-corrected chi connectivity index (χ4v) is 4.33. The first-order valence-corrected chi connectivity index (χ1v) is 10.9. The van der Waals surface area contributed by atoms with Gasteiger partial charge in [-0.05, 0) is 30.5 Å². The van der Waals surface area contributed by atoms with E-state index in [0.29, 0.717) is 41.5 Å². The van der Waals surface area contributed by atoms with E-state index >= 15 is 0 Å². The molecule has 1 aliphatic heterocycles. The Balaban J connectivity index is 1.61. The van der Waals surface area contributed by atoms with Gasteiger partial charge in [-0.3, -0.25) is 9.36 Å². The van der Waals surface area contributed by atoms with E-state index in [2.05, 4.69) is 22.2 Å². The molecule has 1 aromatic carbocycles. The molecular weight excluding hydrogens is 436 g/mol. The highest BCUT2D eigenvalue weighted by Gasteiger charge is 2.32. The quantitative estimate of drug-likeness (QED) is 0.394. The predicted molar refractivity (Wildman–Crippen MR) is 127 cm³/mol. The topological polar surface area (TPSA) is 153 Å². The van der Waals surface area contributed by atoms with Crippen LogP contribution in [0.25, 0.3) is 11.0 Å². The number of aromatic hydroxyl groups is 1. The molecule has 1 aliphatic rings. The van der Waals surface area contributed by atoms with Crippen molar-refractivity contribution < 1.29 is 14.7 Å². The molecule has 1 fully saturated rings. The second-order valence-corrected chi connectivity index (χ2v) is 8.44. The number of rotatable bonds is 4. The minimum absolute atomic E-state index is 0.0150. The van der Waals surface area contributed by atoms with Crippen molar-refractivity contribution in [2.75, 3.05) is 36.1 Å². The molecule has 0 radical (unpaired) electrons. The van der Waals surface area contributed by atoms with Crippen LogP contribution in [0.3, 0.4) is 0 Å². The number of likely N-dealkylation sites (N-methyl/N-ethyl adjacent to an activating group) is 1. The number of aromatic nitrogens is 3. The molecule has 3 heterocycles. The Morgan fingerprint density at radius 1 is 1.35 bits per heavy atom. The molecule has 0 saturated carbocycles. The van der Waals surface area contributed by atoms with E-state index in [1.165, 1.54) is 29.1 Å². The third kappa shape index (κ3) is 4.30. The monoisotopic (exact) mass is 462 g/mol.